The lowest BCUT2D eigenvalue weighted by Crippen LogP contribution is -2.61. The molecule has 0 aliphatic carbocycles. The third-order valence-electron chi connectivity index (χ3n) is 4.67. The van der Waals surface area contributed by atoms with E-state index in [2.05, 4.69) is 16.8 Å². The Morgan fingerprint density at radius 3 is 2.45 bits per heavy atom. The Balaban J connectivity index is 1.88. The molecule has 1 aromatic rings. The number of rotatable bonds is 3. The number of carbonyl (C=O) groups excluding carboxylic acids is 1. The van der Waals surface area contributed by atoms with Crippen LogP contribution in [0.3, 0.4) is 0 Å². The summed E-state index contributed by atoms with van der Waals surface area (Å²) in [6.07, 6.45) is 1.11. The summed E-state index contributed by atoms with van der Waals surface area (Å²) in [4.78, 5) is 26.9. The standard InChI is InChI=1S/C15H19N3O4/c1-16-11-5-13(19)6-12(16)9-17(8-11)10-3-4-15(22-2)14(7-10)18(20)21/h3-4,7,11-12H,5-6,8-9H2,1-2H3. The Hall–Kier alpha value is -2.15. The van der Waals surface area contributed by atoms with E-state index in [9.17, 15) is 14.9 Å². The largest absolute Gasteiger partial charge is 0.490 e. The molecule has 2 atom stereocenters. The smallest absolute Gasteiger partial charge is 0.312 e. The van der Waals surface area contributed by atoms with Crippen LogP contribution >= 0.6 is 0 Å². The molecular weight excluding hydrogens is 286 g/mol. The summed E-state index contributed by atoms with van der Waals surface area (Å²) in [7, 11) is 3.48. The number of piperazine rings is 1. The summed E-state index contributed by atoms with van der Waals surface area (Å²) in [5.74, 6) is 0.576. The summed E-state index contributed by atoms with van der Waals surface area (Å²) < 4.78 is 5.04. The minimum atomic E-state index is -0.428. The molecule has 0 saturated carbocycles. The number of anilines is 1. The molecule has 22 heavy (non-hydrogen) atoms. The molecule has 2 bridgehead atoms. The number of hydrogen-bond acceptors (Lipinski definition) is 6. The van der Waals surface area contributed by atoms with Gasteiger partial charge in [0.1, 0.15) is 5.78 Å². The van der Waals surface area contributed by atoms with Gasteiger partial charge in [-0.15, -0.1) is 0 Å². The molecule has 0 aromatic heterocycles. The number of benzene rings is 1. The SMILES string of the molecule is COc1ccc(N2CC3CC(=O)CC(C2)N3C)cc1[N+](=O)[O-]. The zero-order valence-corrected chi connectivity index (χ0v) is 12.7. The van der Waals surface area contributed by atoms with Crippen molar-refractivity contribution in [1.29, 1.82) is 0 Å². The van der Waals surface area contributed by atoms with E-state index in [1.165, 1.54) is 7.11 Å². The van der Waals surface area contributed by atoms with Crippen molar-refractivity contribution in [1.82, 2.24) is 4.90 Å². The lowest BCUT2D eigenvalue weighted by Gasteiger charge is -2.48. The van der Waals surface area contributed by atoms with Gasteiger partial charge in [0.05, 0.1) is 12.0 Å². The molecule has 118 valence electrons. The molecule has 0 spiro atoms. The minimum Gasteiger partial charge on any atom is -0.490 e. The number of ketones is 1. The molecular formula is C15H19N3O4. The van der Waals surface area contributed by atoms with Crippen molar-refractivity contribution in [3.05, 3.63) is 28.3 Å². The first kappa shape index (κ1) is 14.8. The van der Waals surface area contributed by atoms with Crippen molar-refractivity contribution in [3.63, 3.8) is 0 Å². The molecule has 0 amide bonds. The van der Waals surface area contributed by atoms with Crippen LogP contribution < -0.4 is 9.64 Å². The van der Waals surface area contributed by atoms with Gasteiger partial charge in [-0.05, 0) is 19.2 Å². The van der Waals surface area contributed by atoms with Crippen molar-refractivity contribution >= 4 is 17.2 Å². The van der Waals surface area contributed by atoms with Crippen LogP contribution in [0.5, 0.6) is 5.75 Å². The predicted molar refractivity (Wildman–Crippen MR) is 81.4 cm³/mol. The Kier molecular flexibility index (Phi) is 3.74. The van der Waals surface area contributed by atoms with E-state index in [1.807, 2.05) is 6.07 Å². The zero-order chi connectivity index (χ0) is 15.9. The van der Waals surface area contributed by atoms with E-state index in [1.54, 1.807) is 12.1 Å². The molecule has 0 radical (unpaired) electrons. The van der Waals surface area contributed by atoms with E-state index >= 15 is 0 Å². The first-order valence-corrected chi connectivity index (χ1v) is 7.30. The fourth-order valence-electron chi connectivity index (χ4n) is 3.39. The third-order valence-corrected chi connectivity index (χ3v) is 4.67. The highest BCUT2D eigenvalue weighted by molar-refractivity contribution is 5.81. The Bertz CT molecular complexity index is 601. The van der Waals surface area contributed by atoms with Crippen LogP contribution in [0.25, 0.3) is 0 Å². The maximum atomic E-state index is 11.7. The molecule has 0 N–H and O–H groups in total. The van der Waals surface area contributed by atoms with Crippen LogP contribution in [0.15, 0.2) is 18.2 Å². The predicted octanol–water partition coefficient (Wildman–Crippen LogP) is 1.46. The second-order valence-electron chi connectivity index (χ2n) is 5.94. The highest BCUT2D eigenvalue weighted by atomic mass is 16.6. The monoisotopic (exact) mass is 305 g/mol. The molecule has 2 aliphatic heterocycles. The van der Waals surface area contributed by atoms with Gasteiger partial charge in [-0.1, -0.05) is 0 Å². The summed E-state index contributed by atoms with van der Waals surface area (Å²) in [6.45, 7) is 1.42. The third kappa shape index (κ3) is 2.52. The van der Waals surface area contributed by atoms with Gasteiger partial charge in [-0.25, -0.2) is 0 Å². The fraction of sp³-hybridized carbons (Fsp3) is 0.533. The van der Waals surface area contributed by atoms with Crippen molar-refractivity contribution in [2.24, 2.45) is 0 Å². The molecule has 3 rings (SSSR count). The van der Waals surface area contributed by atoms with Gasteiger partial charge in [0.15, 0.2) is 5.75 Å². The maximum Gasteiger partial charge on any atom is 0.312 e. The van der Waals surface area contributed by atoms with Crippen molar-refractivity contribution in [2.45, 2.75) is 24.9 Å². The number of ether oxygens (including phenoxy) is 1. The van der Waals surface area contributed by atoms with Gasteiger partial charge >= 0.3 is 5.69 Å². The van der Waals surface area contributed by atoms with Crippen LogP contribution in [0.4, 0.5) is 11.4 Å². The fourth-order valence-corrected chi connectivity index (χ4v) is 3.39. The van der Waals surface area contributed by atoms with Gasteiger partial charge in [-0.2, -0.15) is 0 Å². The Morgan fingerprint density at radius 2 is 1.91 bits per heavy atom. The summed E-state index contributed by atoms with van der Waals surface area (Å²) in [5, 5.41) is 11.2. The van der Waals surface area contributed by atoms with E-state index in [0.717, 1.165) is 5.69 Å². The molecule has 7 heteroatoms. The first-order chi connectivity index (χ1) is 10.5. The number of fused-ring (bicyclic) bond motifs is 2. The number of hydrogen-bond donors (Lipinski definition) is 0. The summed E-state index contributed by atoms with van der Waals surface area (Å²) in [6, 6.07) is 5.39. The number of nitro benzene ring substituents is 1. The van der Waals surface area contributed by atoms with E-state index in [4.69, 9.17) is 4.74 Å². The van der Waals surface area contributed by atoms with E-state index in [-0.39, 0.29) is 23.5 Å². The van der Waals surface area contributed by atoms with Crippen molar-refractivity contribution < 1.29 is 14.5 Å². The molecule has 2 unspecified atom stereocenters. The minimum absolute atomic E-state index is 0.0276. The Labute approximate surface area is 128 Å². The number of Topliss-reactive ketones (excluding diaryl/α,β-unsaturated/α-hetero) is 1. The van der Waals surface area contributed by atoms with Crippen LogP contribution in [-0.2, 0) is 4.79 Å². The molecule has 2 fully saturated rings. The second-order valence-corrected chi connectivity index (χ2v) is 5.94. The number of nitro groups is 1. The lowest BCUT2D eigenvalue weighted by atomic mass is 9.90. The second kappa shape index (κ2) is 5.57. The lowest BCUT2D eigenvalue weighted by molar-refractivity contribution is -0.385. The topological polar surface area (TPSA) is 75.9 Å². The molecule has 2 aliphatic rings. The number of nitrogens with zero attached hydrogens (tertiary/aromatic N) is 3. The number of methoxy groups -OCH3 is 1. The van der Waals surface area contributed by atoms with Gasteiger partial charge in [0, 0.05) is 49.8 Å². The van der Waals surface area contributed by atoms with Gasteiger partial charge < -0.3 is 9.64 Å². The van der Waals surface area contributed by atoms with Crippen LogP contribution in [0.2, 0.25) is 0 Å². The average molecular weight is 305 g/mol. The zero-order valence-electron chi connectivity index (χ0n) is 12.7. The highest BCUT2D eigenvalue weighted by Crippen LogP contribution is 2.34. The van der Waals surface area contributed by atoms with Crippen LogP contribution in [-0.4, -0.2) is 54.9 Å². The molecule has 7 nitrogen and oxygen atoms in total. The normalized spacial score (nSPS) is 25.2. The molecule has 2 saturated heterocycles. The number of likely N-dealkylation sites (N-methyl/N-ethyl adjacent to an activating group) is 1. The van der Waals surface area contributed by atoms with Crippen LogP contribution in [0.1, 0.15) is 12.8 Å². The van der Waals surface area contributed by atoms with Crippen LogP contribution in [0, 0.1) is 10.1 Å². The summed E-state index contributed by atoms with van der Waals surface area (Å²) >= 11 is 0. The van der Waals surface area contributed by atoms with Gasteiger partial charge in [0.2, 0.25) is 0 Å². The maximum absolute atomic E-state index is 11.7. The molecule has 1 aromatic carbocycles. The quantitative estimate of drug-likeness (QED) is 0.621. The number of piperidine rings is 1. The molecule has 2 heterocycles. The van der Waals surface area contributed by atoms with E-state index < -0.39 is 4.92 Å². The number of carbonyl (C=O) groups is 1. The van der Waals surface area contributed by atoms with Gasteiger partial charge in [-0.3, -0.25) is 19.8 Å². The Morgan fingerprint density at radius 1 is 1.27 bits per heavy atom. The van der Waals surface area contributed by atoms with Gasteiger partial charge in [0.25, 0.3) is 0 Å². The first-order valence-electron chi connectivity index (χ1n) is 7.30. The average Bonchev–Trinajstić information content (AvgIpc) is 2.48. The van der Waals surface area contributed by atoms with E-state index in [0.29, 0.717) is 31.7 Å². The van der Waals surface area contributed by atoms with Crippen molar-refractivity contribution in [2.75, 3.05) is 32.1 Å². The van der Waals surface area contributed by atoms with Crippen molar-refractivity contribution in [3.8, 4) is 5.75 Å². The summed E-state index contributed by atoms with van der Waals surface area (Å²) in [5.41, 5.74) is 0.783. The highest BCUT2D eigenvalue weighted by Gasteiger charge is 2.38.